The summed E-state index contributed by atoms with van der Waals surface area (Å²) in [7, 11) is 0. The molecule has 0 aromatic carbocycles. The number of piperidine rings is 1. The van der Waals surface area contributed by atoms with Gasteiger partial charge in [0, 0.05) is 13.1 Å². The van der Waals surface area contributed by atoms with E-state index in [1.54, 1.807) is 5.32 Å². The van der Waals surface area contributed by atoms with E-state index in [9.17, 15) is 22.8 Å². The lowest BCUT2D eigenvalue weighted by Gasteiger charge is -2.33. The molecule has 0 spiro atoms. The van der Waals surface area contributed by atoms with Crippen molar-refractivity contribution in [1.82, 2.24) is 10.2 Å². The lowest BCUT2D eigenvalue weighted by atomic mass is 10.0. The first-order valence-electron chi connectivity index (χ1n) is 5.17. The fourth-order valence-corrected chi connectivity index (χ4v) is 1.78. The summed E-state index contributed by atoms with van der Waals surface area (Å²) in [5.41, 5.74) is 0. The van der Waals surface area contributed by atoms with Crippen LogP contribution in [0.5, 0.6) is 0 Å². The van der Waals surface area contributed by atoms with Crippen LogP contribution in [0.3, 0.4) is 0 Å². The minimum Gasteiger partial charge on any atom is -0.465 e. The number of nitrogens with one attached hydrogen (secondary N) is 1. The van der Waals surface area contributed by atoms with Crippen molar-refractivity contribution in [2.75, 3.05) is 13.1 Å². The molecule has 8 heteroatoms. The third kappa shape index (κ3) is 3.79. The second kappa shape index (κ2) is 5.24. The van der Waals surface area contributed by atoms with Crippen molar-refractivity contribution in [3.8, 4) is 0 Å². The summed E-state index contributed by atoms with van der Waals surface area (Å²) < 4.78 is 35.8. The molecule has 0 aromatic rings. The van der Waals surface area contributed by atoms with Crippen molar-refractivity contribution in [2.45, 2.75) is 31.5 Å². The van der Waals surface area contributed by atoms with Gasteiger partial charge in [-0.3, -0.25) is 4.79 Å². The Hall–Kier alpha value is -1.47. The molecule has 98 valence electrons. The Morgan fingerprint density at radius 2 is 2.00 bits per heavy atom. The largest absolute Gasteiger partial charge is 0.471 e. The van der Waals surface area contributed by atoms with Crippen LogP contribution in [-0.2, 0) is 4.79 Å². The van der Waals surface area contributed by atoms with E-state index in [2.05, 4.69) is 0 Å². The molecule has 1 heterocycles. The van der Waals surface area contributed by atoms with Crippen molar-refractivity contribution in [2.24, 2.45) is 0 Å². The molecule has 0 bridgehead atoms. The van der Waals surface area contributed by atoms with Crippen LogP contribution in [0.1, 0.15) is 19.3 Å². The summed E-state index contributed by atoms with van der Waals surface area (Å²) >= 11 is 0. The first kappa shape index (κ1) is 13.6. The maximum atomic E-state index is 11.9. The van der Waals surface area contributed by atoms with Crippen LogP contribution in [0.4, 0.5) is 18.0 Å². The van der Waals surface area contributed by atoms with Gasteiger partial charge in [-0.15, -0.1) is 0 Å². The third-order valence-electron chi connectivity index (χ3n) is 2.63. The van der Waals surface area contributed by atoms with E-state index in [4.69, 9.17) is 5.11 Å². The molecule has 2 amide bonds. The standard InChI is InChI=1S/C9H13F3N2O3/c10-9(11,12)7(15)13-5-6-3-1-2-4-14(6)8(16)17/h6H,1-5H2,(H,13,15)(H,16,17). The topological polar surface area (TPSA) is 69.6 Å². The van der Waals surface area contributed by atoms with Crippen molar-refractivity contribution >= 4 is 12.0 Å². The molecular formula is C9H13F3N2O3. The molecule has 1 aliphatic heterocycles. The van der Waals surface area contributed by atoms with Crippen LogP contribution in [0.15, 0.2) is 0 Å². The minimum absolute atomic E-state index is 0.294. The number of amides is 2. The molecule has 0 saturated carbocycles. The highest BCUT2D eigenvalue weighted by atomic mass is 19.4. The summed E-state index contributed by atoms with van der Waals surface area (Å²) in [5.74, 6) is -2.03. The minimum atomic E-state index is -4.93. The van der Waals surface area contributed by atoms with Gasteiger partial charge in [-0.05, 0) is 19.3 Å². The van der Waals surface area contributed by atoms with Gasteiger partial charge in [0.15, 0.2) is 0 Å². The van der Waals surface area contributed by atoms with Gasteiger partial charge in [0.1, 0.15) is 0 Å². The van der Waals surface area contributed by atoms with Crippen LogP contribution in [0, 0.1) is 0 Å². The molecule has 5 nitrogen and oxygen atoms in total. The maximum Gasteiger partial charge on any atom is 0.471 e. The van der Waals surface area contributed by atoms with Crippen LogP contribution < -0.4 is 5.32 Å². The van der Waals surface area contributed by atoms with E-state index in [1.807, 2.05) is 0 Å². The van der Waals surface area contributed by atoms with Crippen molar-refractivity contribution < 1.29 is 27.9 Å². The van der Waals surface area contributed by atoms with E-state index in [1.165, 1.54) is 0 Å². The van der Waals surface area contributed by atoms with Gasteiger partial charge >= 0.3 is 18.2 Å². The van der Waals surface area contributed by atoms with Gasteiger partial charge in [0.2, 0.25) is 0 Å². The predicted molar refractivity (Wildman–Crippen MR) is 51.4 cm³/mol. The number of hydrogen-bond acceptors (Lipinski definition) is 2. The normalized spacial score (nSPS) is 21.1. The zero-order valence-electron chi connectivity index (χ0n) is 8.96. The predicted octanol–water partition coefficient (Wildman–Crippen LogP) is 1.20. The quantitative estimate of drug-likeness (QED) is 0.777. The fourth-order valence-electron chi connectivity index (χ4n) is 1.78. The van der Waals surface area contributed by atoms with Gasteiger partial charge in [-0.2, -0.15) is 13.2 Å². The second-order valence-electron chi connectivity index (χ2n) is 3.83. The average Bonchev–Trinajstić information content (AvgIpc) is 2.24. The lowest BCUT2D eigenvalue weighted by molar-refractivity contribution is -0.173. The molecule has 1 rings (SSSR count). The Morgan fingerprint density at radius 3 is 2.53 bits per heavy atom. The van der Waals surface area contributed by atoms with Gasteiger partial charge in [-0.1, -0.05) is 0 Å². The molecule has 2 N–H and O–H groups in total. The maximum absolute atomic E-state index is 11.9. The number of carbonyl (C=O) groups is 2. The van der Waals surface area contributed by atoms with E-state index in [0.717, 1.165) is 11.3 Å². The SMILES string of the molecule is O=C(O)N1CCCCC1CNC(=O)C(F)(F)F. The Labute approximate surface area is 95.6 Å². The number of carboxylic acid groups (broad SMARTS) is 1. The van der Waals surface area contributed by atoms with Crippen LogP contribution in [0.2, 0.25) is 0 Å². The van der Waals surface area contributed by atoms with Gasteiger partial charge in [-0.25, -0.2) is 4.79 Å². The van der Waals surface area contributed by atoms with Crippen LogP contribution >= 0.6 is 0 Å². The second-order valence-corrected chi connectivity index (χ2v) is 3.83. The van der Waals surface area contributed by atoms with Crippen LogP contribution in [0.25, 0.3) is 0 Å². The Balaban J connectivity index is 2.49. The summed E-state index contributed by atoms with van der Waals surface area (Å²) in [4.78, 5) is 22.4. The Bertz CT molecular complexity index is 306. The number of likely N-dealkylation sites (tertiary alicyclic amines) is 1. The Kier molecular flexibility index (Phi) is 4.19. The average molecular weight is 254 g/mol. The zero-order valence-corrected chi connectivity index (χ0v) is 8.96. The molecule has 0 aromatic heterocycles. The van der Waals surface area contributed by atoms with Gasteiger partial charge in [0.25, 0.3) is 0 Å². The fraction of sp³-hybridized carbons (Fsp3) is 0.778. The smallest absolute Gasteiger partial charge is 0.465 e. The first-order valence-corrected chi connectivity index (χ1v) is 5.17. The highest BCUT2D eigenvalue weighted by Crippen LogP contribution is 2.18. The van der Waals surface area contributed by atoms with E-state index < -0.39 is 24.2 Å². The number of nitrogens with zero attached hydrogens (tertiary/aromatic N) is 1. The summed E-state index contributed by atoms with van der Waals surface area (Å²) in [6, 6.07) is -0.576. The molecule has 1 unspecified atom stereocenters. The highest BCUT2D eigenvalue weighted by Gasteiger charge is 2.39. The highest BCUT2D eigenvalue weighted by molar-refractivity contribution is 5.81. The molecule has 1 saturated heterocycles. The summed E-state index contributed by atoms with van der Waals surface area (Å²) in [5, 5.41) is 10.5. The van der Waals surface area contributed by atoms with Crippen molar-refractivity contribution in [3.63, 3.8) is 0 Å². The lowest BCUT2D eigenvalue weighted by Crippen LogP contribution is -2.50. The number of halogens is 3. The van der Waals surface area contributed by atoms with Crippen molar-refractivity contribution in [1.29, 1.82) is 0 Å². The van der Waals surface area contributed by atoms with E-state index >= 15 is 0 Å². The molecule has 1 fully saturated rings. The molecule has 1 aliphatic rings. The van der Waals surface area contributed by atoms with Crippen molar-refractivity contribution in [3.05, 3.63) is 0 Å². The Morgan fingerprint density at radius 1 is 1.35 bits per heavy atom. The molecular weight excluding hydrogens is 241 g/mol. The van der Waals surface area contributed by atoms with Gasteiger partial charge in [0.05, 0.1) is 6.04 Å². The monoisotopic (exact) mass is 254 g/mol. The molecule has 17 heavy (non-hydrogen) atoms. The molecule has 0 radical (unpaired) electrons. The van der Waals surface area contributed by atoms with Crippen LogP contribution in [-0.4, -0.2) is 47.3 Å². The van der Waals surface area contributed by atoms with E-state index in [0.29, 0.717) is 19.4 Å². The third-order valence-corrected chi connectivity index (χ3v) is 2.63. The summed E-state index contributed by atoms with van der Waals surface area (Å²) in [6.07, 6.45) is -4.20. The molecule has 0 aliphatic carbocycles. The summed E-state index contributed by atoms with van der Waals surface area (Å²) in [6.45, 7) is -0.00741. The number of carbonyl (C=O) groups excluding carboxylic acids is 1. The molecule has 1 atom stereocenters. The number of rotatable bonds is 2. The zero-order chi connectivity index (χ0) is 13.1. The van der Waals surface area contributed by atoms with Gasteiger partial charge < -0.3 is 15.3 Å². The van der Waals surface area contributed by atoms with E-state index in [-0.39, 0.29) is 6.54 Å². The number of alkyl halides is 3. The first-order chi connectivity index (χ1) is 7.82. The number of hydrogen-bond donors (Lipinski definition) is 2.